The van der Waals surface area contributed by atoms with Crippen LogP contribution in [0.3, 0.4) is 0 Å². The molecule has 4 nitrogen and oxygen atoms in total. The minimum absolute atomic E-state index is 0.579. The Bertz CT molecular complexity index is 157. The molecule has 1 rings (SSSR count). The summed E-state index contributed by atoms with van der Waals surface area (Å²) in [6.45, 7) is 2.88. The summed E-state index contributed by atoms with van der Waals surface area (Å²) in [5.74, 6) is -1.16. The summed E-state index contributed by atoms with van der Waals surface area (Å²) in [6.07, 6.45) is 3.27. The molecule has 0 aromatic carbocycles. The fourth-order valence-electron chi connectivity index (χ4n) is 0.303. The topological polar surface area (TPSA) is 69.4 Å². The summed E-state index contributed by atoms with van der Waals surface area (Å²) in [6, 6.07) is 0. The average molecular weight is 157 g/mol. The molecule has 0 saturated heterocycles. The molecule has 0 spiro atoms. The van der Waals surface area contributed by atoms with Crippen molar-refractivity contribution in [2.45, 2.75) is 13.3 Å². The Kier molecular flexibility index (Phi) is 5.02. The van der Waals surface area contributed by atoms with Crippen LogP contribution < -0.4 is 5.73 Å². The van der Waals surface area contributed by atoms with Crippen molar-refractivity contribution in [3.63, 3.8) is 0 Å². The SMILES string of the molecule is CCCN.O=C1C=CC(=O)O1. The second-order valence-electron chi connectivity index (χ2n) is 1.86. The first-order valence-electron chi connectivity index (χ1n) is 3.34. The molecule has 0 saturated carbocycles. The fourth-order valence-corrected chi connectivity index (χ4v) is 0.303. The maximum absolute atomic E-state index is 9.92. The van der Waals surface area contributed by atoms with E-state index in [1.807, 2.05) is 0 Å². The number of hydrogen-bond acceptors (Lipinski definition) is 4. The van der Waals surface area contributed by atoms with E-state index in [2.05, 4.69) is 11.7 Å². The van der Waals surface area contributed by atoms with E-state index >= 15 is 0 Å². The van der Waals surface area contributed by atoms with Crippen molar-refractivity contribution in [1.82, 2.24) is 0 Å². The summed E-state index contributed by atoms with van der Waals surface area (Å²) < 4.78 is 3.97. The minimum atomic E-state index is -0.579. The second kappa shape index (κ2) is 5.61. The van der Waals surface area contributed by atoms with E-state index in [4.69, 9.17) is 5.73 Å². The number of cyclic esters (lactones) is 2. The van der Waals surface area contributed by atoms with E-state index in [0.717, 1.165) is 25.1 Å². The van der Waals surface area contributed by atoms with Crippen LogP contribution in [-0.2, 0) is 14.3 Å². The van der Waals surface area contributed by atoms with Gasteiger partial charge in [-0.1, -0.05) is 6.92 Å². The smallest absolute Gasteiger partial charge is 0.338 e. The first kappa shape index (κ1) is 9.84. The van der Waals surface area contributed by atoms with Crippen LogP contribution in [0.25, 0.3) is 0 Å². The average Bonchev–Trinajstić information content (AvgIpc) is 2.35. The summed E-state index contributed by atoms with van der Waals surface area (Å²) >= 11 is 0. The van der Waals surface area contributed by atoms with Crippen molar-refractivity contribution in [3.8, 4) is 0 Å². The largest absolute Gasteiger partial charge is 0.387 e. The van der Waals surface area contributed by atoms with Crippen LogP contribution in [0.1, 0.15) is 13.3 Å². The predicted molar refractivity (Wildman–Crippen MR) is 39.6 cm³/mol. The van der Waals surface area contributed by atoms with E-state index in [1.165, 1.54) is 0 Å². The summed E-state index contributed by atoms with van der Waals surface area (Å²) in [5, 5.41) is 0. The van der Waals surface area contributed by atoms with Crippen molar-refractivity contribution in [2.75, 3.05) is 6.54 Å². The Morgan fingerprint density at radius 2 is 1.73 bits per heavy atom. The van der Waals surface area contributed by atoms with Gasteiger partial charge in [0.1, 0.15) is 0 Å². The zero-order chi connectivity index (χ0) is 8.69. The first-order chi connectivity index (χ1) is 5.20. The van der Waals surface area contributed by atoms with Crippen molar-refractivity contribution >= 4 is 11.9 Å². The van der Waals surface area contributed by atoms with Crippen LogP contribution in [0.15, 0.2) is 12.2 Å². The Hall–Kier alpha value is -1.16. The third-order valence-corrected chi connectivity index (χ3v) is 0.845. The molecule has 0 fully saturated rings. The Balaban J connectivity index is 0.000000218. The van der Waals surface area contributed by atoms with E-state index in [0.29, 0.717) is 0 Å². The number of ether oxygens (including phenoxy) is 1. The van der Waals surface area contributed by atoms with Crippen LogP contribution in [0.5, 0.6) is 0 Å². The quantitative estimate of drug-likeness (QED) is 0.429. The highest BCUT2D eigenvalue weighted by atomic mass is 16.6. The van der Waals surface area contributed by atoms with Crippen molar-refractivity contribution in [1.29, 1.82) is 0 Å². The molecule has 4 heteroatoms. The van der Waals surface area contributed by atoms with Gasteiger partial charge in [0, 0.05) is 12.2 Å². The molecule has 0 amide bonds. The van der Waals surface area contributed by atoms with E-state index in [9.17, 15) is 9.59 Å². The van der Waals surface area contributed by atoms with Gasteiger partial charge in [0.25, 0.3) is 0 Å². The van der Waals surface area contributed by atoms with Crippen LogP contribution in [0.4, 0.5) is 0 Å². The molecule has 1 heterocycles. The highest BCUT2D eigenvalue weighted by molar-refractivity contribution is 6.04. The molecule has 0 aromatic heterocycles. The molecule has 0 bridgehead atoms. The van der Waals surface area contributed by atoms with Gasteiger partial charge in [-0.05, 0) is 13.0 Å². The van der Waals surface area contributed by atoms with Gasteiger partial charge in [-0.25, -0.2) is 9.59 Å². The van der Waals surface area contributed by atoms with Crippen molar-refractivity contribution < 1.29 is 14.3 Å². The normalized spacial score (nSPS) is 14.0. The van der Waals surface area contributed by atoms with Gasteiger partial charge in [0.15, 0.2) is 0 Å². The van der Waals surface area contributed by atoms with Crippen LogP contribution in [0.2, 0.25) is 0 Å². The lowest BCUT2D eigenvalue weighted by Crippen LogP contribution is -1.96. The second-order valence-corrected chi connectivity index (χ2v) is 1.86. The van der Waals surface area contributed by atoms with Crippen LogP contribution in [0, 0.1) is 0 Å². The van der Waals surface area contributed by atoms with E-state index < -0.39 is 11.9 Å². The summed E-state index contributed by atoms with van der Waals surface area (Å²) in [5.41, 5.74) is 5.03. The van der Waals surface area contributed by atoms with Crippen molar-refractivity contribution in [2.24, 2.45) is 5.73 Å². The Morgan fingerprint density at radius 1 is 1.36 bits per heavy atom. The molecule has 0 atom stereocenters. The molecule has 0 aromatic rings. The van der Waals surface area contributed by atoms with E-state index in [-0.39, 0.29) is 0 Å². The number of esters is 2. The van der Waals surface area contributed by atoms with Gasteiger partial charge < -0.3 is 10.5 Å². The zero-order valence-corrected chi connectivity index (χ0v) is 6.37. The molecular weight excluding hydrogens is 146 g/mol. The van der Waals surface area contributed by atoms with Gasteiger partial charge in [-0.15, -0.1) is 0 Å². The molecule has 0 aliphatic carbocycles. The molecule has 0 radical (unpaired) electrons. The maximum atomic E-state index is 9.92. The highest BCUT2D eigenvalue weighted by Crippen LogP contribution is 1.92. The van der Waals surface area contributed by atoms with Gasteiger partial charge in [0.2, 0.25) is 0 Å². The zero-order valence-electron chi connectivity index (χ0n) is 6.37. The summed E-state index contributed by atoms with van der Waals surface area (Å²) in [4.78, 5) is 19.8. The lowest BCUT2D eigenvalue weighted by atomic mass is 10.5. The number of hydrogen-bond donors (Lipinski definition) is 1. The maximum Gasteiger partial charge on any atom is 0.338 e. The number of carbonyl (C=O) groups is 2. The monoisotopic (exact) mass is 157 g/mol. The van der Waals surface area contributed by atoms with Crippen LogP contribution >= 0.6 is 0 Å². The molecule has 1 aliphatic rings. The third kappa shape index (κ3) is 5.29. The number of nitrogens with two attached hydrogens (primary N) is 1. The van der Waals surface area contributed by atoms with Crippen LogP contribution in [-0.4, -0.2) is 18.5 Å². The van der Waals surface area contributed by atoms with E-state index in [1.54, 1.807) is 0 Å². The predicted octanol–water partition coefficient (Wildman–Crippen LogP) is -0.0189. The molecule has 62 valence electrons. The Morgan fingerprint density at radius 3 is 1.82 bits per heavy atom. The molecular formula is C7H11NO3. The van der Waals surface area contributed by atoms with Gasteiger partial charge in [-0.2, -0.15) is 0 Å². The molecule has 11 heavy (non-hydrogen) atoms. The standard InChI is InChI=1S/C4H2O3.C3H9N/c5-3-1-2-4(6)7-3;1-2-3-4/h1-2H;2-4H2,1H3. The molecule has 0 unspecified atom stereocenters. The number of rotatable bonds is 1. The number of carbonyl (C=O) groups excluding carboxylic acids is 2. The molecule has 1 aliphatic heterocycles. The molecule has 2 N–H and O–H groups in total. The van der Waals surface area contributed by atoms with Gasteiger partial charge in [0.05, 0.1) is 0 Å². The third-order valence-electron chi connectivity index (χ3n) is 0.845. The van der Waals surface area contributed by atoms with Gasteiger partial charge in [-0.3, -0.25) is 0 Å². The van der Waals surface area contributed by atoms with Gasteiger partial charge >= 0.3 is 11.9 Å². The van der Waals surface area contributed by atoms with Crippen molar-refractivity contribution in [3.05, 3.63) is 12.2 Å². The lowest BCUT2D eigenvalue weighted by molar-refractivity contribution is -0.150. The fraction of sp³-hybridized carbons (Fsp3) is 0.429. The highest BCUT2D eigenvalue weighted by Gasteiger charge is 2.10. The Labute approximate surface area is 65.0 Å². The lowest BCUT2D eigenvalue weighted by Gasteiger charge is -1.80. The summed E-state index contributed by atoms with van der Waals surface area (Å²) in [7, 11) is 0. The minimum Gasteiger partial charge on any atom is -0.387 e. The first-order valence-corrected chi connectivity index (χ1v) is 3.34.